The standard InChI is InChI=1S/C14H10N4O2S3/c1-7(23-14-18-15-6-22-14)11-16-12(19)10-8(5-21-13(10)17-11)9-3-2-4-20-9/h2-7H,1H3,(H,16,17,19). The third-order valence-corrected chi connectivity index (χ3v) is 6.04. The maximum absolute atomic E-state index is 12.5. The lowest BCUT2D eigenvalue weighted by molar-refractivity contribution is 0.583. The van der Waals surface area contributed by atoms with Crippen molar-refractivity contribution < 1.29 is 4.42 Å². The zero-order chi connectivity index (χ0) is 15.8. The van der Waals surface area contributed by atoms with Crippen LogP contribution in [-0.2, 0) is 0 Å². The predicted octanol–water partition coefficient (Wildman–Crippen LogP) is 3.95. The first kappa shape index (κ1) is 14.6. The largest absolute Gasteiger partial charge is 0.464 e. The molecule has 1 unspecified atom stereocenters. The molecule has 0 fully saturated rings. The van der Waals surface area contributed by atoms with Crippen LogP contribution in [0.5, 0.6) is 0 Å². The second kappa shape index (κ2) is 5.91. The van der Waals surface area contributed by atoms with Crippen molar-refractivity contribution in [1.29, 1.82) is 0 Å². The van der Waals surface area contributed by atoms with Crippen LogP contribution >= 0.6 is 34.4 Å². The number of hydrogen-bond acceptors (Lipinski definition) is 8. The molecular weight excluding hydrogens is 352 g/mol. The number of rotatable bonds is 4. The normalized spacial score (nSPS) is 12.7. The Bertz CT molecular complexity index is 989. The fourth-order valence-electron chi connectivity index (χ4n) is 2.19. The van der Waals surface area contributed by atoms with Crippen LogP contribution < -0.4 is 5.56 Å². The number of thiophene rings is 1. The van der Waals surface area contributed by atoms with Gasteiger partial charge in [-0.2, -0.15) is 0 Å². The second-order valence-electron chi connectivity index (χ2n) is 4.72. The zero-order valence-corrected chi connectivity index (χ0v) is 14.3. The Morgan fingerprint density at radius 1 is 1.39 bits per heavy atom. The highest BCUT2D eigenvalue weighted by Crippen LogP contribution is 2.35. The van der Waals surface area contributed by atoms with Crippen LogP contribution in [0.3, 0.4) is 0 Å². The molecule has 0 bridgehead atoms. The Morgan fingerprint density at radius 2 is 2.30 bits per heavy atom. The molecule has 0 amide bonds. The first-order chi connectivity index (χ1) is 11.2. The summed E-state index contributed by atoms with van der Waals surface area (Å²) in [5.74, 6) is 1.31. The number of furan rings is 1. The maximum atomic E-state index is 12.5. The van der Waals surface area contributed by atoms with E-state index < -0.39 is 0 Å². The molecule has 6 nitrogen and oxygen atoms in total. The highest BCUT2D eigenvalue weighted by Gasteiger charge is 2.18. The topological polar surface area (TPSA) is 84.7 Å². The molecule has 0 aliphatic carbocycles. The summed E-state index contributed by atoms with van der Waals surface area (Å²) in [4.78, 5) is 20.7. The predicted molar refractivity (Wildman–Crippen MR) is 92.1 cm³/mol. The van der Waals surface area contributed by atoms with Crippen molar-refractivity contribution in [2.24, 2.45) is 0 Å². The van der Waals surface area contributed by atoms with Gasteiger partial charge in [-0.05, 0) is 19.1 Å². The zero-order valence-electron chi connectivity index (χ0n) is 11.8. The van der Waals surface area contributed by atoms with E-state index in [1.165, 1.54) is 34.4 Å². The first-order valence-corrected chi connectivity index (χ1v) is 9.34. The molecule has 1 N–H and O–H groups in total. The Labute approximate surface area is 142 Å². The molecule has 1 atom stereocenters. The van der Waals surface area contributed by atoms with Crippen molar-refractivity contribution >= 4 is 44.7 Å². The van der Waals surface area contributed by atoms with Crippen LogP contribution in [0.2, 0.25) is 0 Å². The van der Waals surface area contributed by atoms with Crippen LogP contribution in [0.4, 0.5) is 0 Å². The molecule has 4 heterocycles. The maximum Gasteiger partial charge on any atom is 0.260 e. The molecule has 0 saturated carbocycles. The minimum Gasteiger partial charge on any atom is -0.464 e. The lowest BCUT2D eigenvalue weighted by atomic mass is 10.2. The number of aromatic amines is 1. The van der Waals surface area contributed by atoms with Gasteiger partial charge in [0, 0.05) is 10.9 Å². The molecule has 0 aliphatic rings. The quantitative estimate of drug-likeness (QED) is 0.553. The van der Waals surface area contributed by atoms with Gasteiger partial charge in [0.1, 0.15) is 21.9 Å². The van der Waals surface area contributed by atoms with E-state index in [4.69, 9.17) is 4.42 Å². The van der Waals surface area contributed by atoms with E-state index in [0.29, 0.717) is 21.8 Å². The van der Waals surface area contributed by atoms with E-state index in [-0.39, 0.29) is 10.8 Å². The van der Waals surface area contributed by atoms with E-state index >= 15 is 0 Å². The lowest BCUT2D eigenvalue weighted by Crippen LogP contribution is -2.12. The second-order valence-corrected chi connectivity index (χ2v) is 8.00. The van der Waals surface area contributed by atoms with Gasteiger partial charge in [0.25, 0.3) is 5.56 Å². The number of fused-ring (bicyclic) bond motifs is 1. The number of hydrogen-bond donors (Lipinski definition) is 1. The highest BCUT2D eigenvalue weighted by atomic mass is 32.2. The fourth-order valence-corrected chi connectivity index (χ4v) is 4.81. The Hall–Kier alpha value is -1.97. The Balaban J connectivity index is 1.75. The SMILES string of the molecule is CC(Sc1nncs1)c1nc2scc(-c3ccco3)c2c(=O)[nH]1. The van der Waals surface area contributed by atoms with Crippen molar-refractivity contribution in [3.63, 3.8) is 0 Å². The van der Waals surface area contributed by atoms with Crippen molar-refractivity contribution in [1.82, 2.24) is 20.2 Å². The molecule has 116 valence electrons. The third-order valence-electron chi connectivity index (χ3n) is 3.25. The van der Waals surface area contributed by atoms with Gasteiger partial charge in [0.2, 0.25) is 0 Å². The summed E-state index contributed by atoms with van der Waals surface area (Å²) in [5, 5.41) is 10.3. The molecule has 4 aromatic heterocycles. The van der Waals surface area contributed by atoms with Gasteiger partial charge in [-0.1, -0.05) is 23.1 Å². The van der Waals surface area contributed by atoms with E-state index in [1.807, 2.05) is 18.4 Å². The van der Waals surface area contributed by atoms with Crippen LogP contribution in [0.25, 0.3) is 21.5 Å². The van der Waals surface area contributed by atoms with E-state index in [1.54, 1.807) is 17.8 Å². The van der Waals surface area contributed by atoms with Crippen LogP contribution in [-0.4, -0.2) is 20.2 Å². The highest BCUT2D eigenvalue weighted by molar-refractivity contribution is 8.01. The smallest absolute Gasteiger partial charge is 0.260 e. The van der Waals surface area contributed by atoms with Gasteiger partial charge < -0.3 is 9.40 Å². The number of thioether (sulfide) groups is 1. The summed E-state index contributed by atoms with van der Waals surface area (Å²) in [5.41, 5.74) is 2.31. The first-order valence-electron chi connectivity index (χ1n) is 6.70. The van der Waals surface area contributed by atoms with Crippen molar-refractivity contribution in [3.8, 4) is 11.3 Å². The van der Waals surface area contributed by atoms with Crippen LogP contribution in [0, 0.1) is 0 Å². The van der Waals surface area contributed by atoms with E-state index in [0.717, 1.165) is 9.90 Å². The number of H-pyrrole nitrogens is 1. The van der Waals surface area contributed by atoms with Gasteiger partial charge in [-0.25, -0.2) is 4.98 Å². The minimum absolute atomic E-state index is 0.0192. The van der Waals surface area contributed by atoms with E-state index in [9.17, 15) is 4.79 Å². The molecule has 4 aromatic rings. The van der Waals surface area contributed by atoms with E-state index in [2.05, 4.69) is 20.2 Å². The van der Waals surface area contributed by atoms with Gasteiger partial charge >= 0.3 is 0 Å². The summed E-state index contributed by atoms with van der Waals surface area (Å²) in [6.45, 7) is 1.98. The fraction of sp³-hybridized carbons (Fsp3) is 0.143. The molecule has 0 radical (unpaired) electrons. The summed E-state index contributed by atoms with van der Waals surface area (Å²) in [6, 6.07) is 3.64. The average Bonchev–Trinajstić information content (AvgIpc) is 3.27. The molecule has 23 heavy (non-hydrogen) atoms. The molecular formula is C14H10N4O2S3. The molecule has 4 rings (SSSR count). The molecule has 0 saturated heterocycles. The van der Waals surface area contributed by atoms with Crippen molar-refractivity contribution in [2.75, 3.05) is 0 Å². The summed E-state index contributed by atoms with van der Waals surface area (Å²) >= 11 is 4.43. The van der Waals surface area contributed by atoms with Crippen molar-refractivity contribution in [2.45, 2.75) is 16.5 Å². The number of nitrogens with zero attached hydrogens (tertiary/aromatic N) is 3. The molecule has 9 heteroatoms. The Kier molecular flexibility index (Phi) is 3.76. The van der Waals surface area contributed by atoms with Gasteiger partial charge in [0.15, 0.2) is 4.34 Å². The average molecular weight is 362 g/mol. The number of aromatic nitrogens is 4. The van der Waals surface area contributed by atoms with Crippen molar-refractivity contribution in [3.05, 3.63) is 45.5 Å². The summed E-state index contributed by atoms with van der Waals surface area (Å²) < 4.78 is 6.25. The summed E-state index contributed by atoms with van der Waals surface area (Å²) in [6.07, 6.45) is 1.59. The van der Waals surface area contributed by atoms with Crippen LogP contribution in [0.15, 0.2) is 42.8 Å². The monoisotopic (exact) mass is 362 g/mol. The minimum atomic E-state index is -0.151. The third kappa shape index (κ3) is 2.71. The lowest BCUT2D eigenvalue weighted by Gasteiger charge is -2.08. The summed E-state index contributed by atoms with van der Waals surface area (Å²) in [7, 11) is 0. The Morgan fingerprint density at radius 3 is 3.04 bits per heavy atom. The molecule has 0 aliphatic heterocycles. The number of nitrogens with one attached hydrogen (secondary N) is 1. The molecule has 0 spiro atoms. The molecule has 0 aromatic carbocycles. The van der Waals surface area contributed by atoms with Gasteiger partial charge in [0.05, 0.1) is 16.9 Å². The van der Waals surface area contributed by atoms with Crippen LogP contribution in [0.1, 0.15) is 18.0 Å². The van der Waals surface area contributed by atoms with Gasteiger partial charge in [-0.3, -0.25) is 4.79 Å². The van der Waals surface area contributed by atoms with Gasteiger partial charge in [-0.15, -0.1) is 21.5 Å².